The summed E-state index contributed by atoms with van der Waals surface area (Å²) in [5.74, 6) is 2.36. The standard InChI is InChI=1S/C25H29F3N4O.C8H13N3.C2H6/c1-30(19-7-9-29-13-19)20-8-10-31(15-20)14-17-11-21-22(23(12-17)25(26,27)28)16-32(24(21)33)18-5-3-2-4-6-18;1-6-3-7(4-6)8-10-9-5-11(8)2;1-2/h2-6,11-12,19-20,29H,7-10,13-16H2,1H3;5-7H,3-4H2,1-2H3;1-2H3. The van der Waals surface area contributed by atoms with Crippen molar-refractivity contribution >= 4 is 11.6 Å². The van der Waals surface area contributed by atoms with Gasteiger partial charge in [0.2, 0.25) is 0 Å². The summed E-state index contributed by atoms with van der Waals surface area (Å²) in [6.07, 6.45) is 1.98. The van der Waals surface area contributed by atoms with E-state index in [1.54, 1.807) is 36.7 Å². The van der Waals surface area contributed by atoms with Gasteiger partial charge in [0, 0.05) is 62.5 Å². The first-order chi connectivity index (χ1) is 22.1. The van der Waals surface area contributed by atoms with Crippen LogP contribution in [0.25, 0.3) is 0 Å². The first-order valence-electron chi connectivity index (χ1n) is 16.7. The van der Waals surface area contributed by atoms with Gasteiger partial charge >= 0.3 is 6.18 Å². The van der Waals surface area contributed by atoms with Crippen LogP contribution in [0, 0.1) is 5.92 Å². The van der Waals surface area contributed by atoms with Crippen molar-refractivity contribution in [3.8, 4) is 0 Å². The first kappa shape index (κ1) is 34.1. The van der Waals surface area contributed by atoms with E-state index in [1.165, 1.54) is 23.8 Å². The van der Waals surface area contributed by atoms with Crippen molar-refractivity contribution in [3.05, 3.63) is 76.9 Å². The van der Waals surface area contributed by atoms with Gasteiger partial charge in [-0.05, 0) is 80.6 Å². The normalized spacial score (nSPS) is 24.3. The third kappa shape index (κ3) is 7.47. The van der Waals surface area contributed by atoms with E-state index in [0.717, 1.165) is 50.8 Å². The van der Waals surface area contributed by atoms with Gasteiger partial charge in [-0.15, -0.1) is 10.2 Å². The minimum absolute atomic E-state index is 0.0562. The lowest BCUT2D eigenvalue weighted by atomic mass is 9.76. The van der Waals surface area contributed by atoms with E-state index in [-0.39, 0.29) is 23.6 Å². The zero-order chi connectivity index (χ0) is 33.0. The molecule has 7 rings (SSSR count). The Bertz CT molecular complexity index is 1450. The Morgan fingerprint density at radius 3 is 2.41 bits per heavy atom. The molecule has 2 aromatic carbocycles. The number of carbonyl (C=O) groups is 1. The number of benzene rings is 2. The average molecular weight is 640 g/mol. The largest absolute Gasteiger partial charge is 0.416 e. The number of alkyl halides is 3. The van der Waals surface area contributed by atoms with Crippen molar-refractivity contribution in [2.45, 2.75) is 83.7 Å². The molecule has 1 saturated carbocycles. The second kappa shape index (κ2) is 14.6. The molecule has 1 aliphatic carbocycles. The molecule has 4 aliphatic rings. The molecule has 3 aromatic rings. The van der Waals surface area contributed by atoms with Crippen LogP contribution in [0.1, 0.15) is 85.2 Å². The Hall–Kier alpha value is -3.28. The van der Waals surface area contributed by atoms with E-state index in [0.29, 0.717) is 35.8 Å². The molecular weight excluding hydrogens is 591 g/mol. The van der Waals surface area contributed by atoms with E-state index in [1.807, 2.05) is 31.5 Å². The maximum absolute atomic E-state index is 14.0. The van der Waals surface area contributed by atoms with Crippen molar-refractivity contribution < 1.29 is 18.0 Å². The van der Waals surface area contributed by atoms with Gasteiger partial charge in [-0.25, -0.2) is 0 Å². The van der Waals surface area contributed by atoms with Gasteiger partial charge in [-0.2, -0.15) is 13.2 Å². The number of nitrogens with zero attached hydrogens (tertiary/aromatic N) is 6. The Morgan fingerprint density at radius 1 is 1.07 bits per heavy atom. The second-order valence-corrected chi connectivity index (χ2v) is 13.0. The number of likely N-dealkylation sites (tertiary alicyclic amines) is 1. The van der Waals surface area contributed by atoms with Gasteiger partial charge in [0.15, 0.2) is 0 Å². The molecular formula is C35H48F3N7O. The number of rotatable bonds is 6. The fourth-order valence-corrected chi connectivity index (χ4v) is 7.24. The SMILES string of the molecule is CC.CC1CC(c2nncn2C)C1.CN(C1CCNC1)C1CCN(Cc2cc3c(c(C(F)(F)F)c2)CN(c2ccccc2)C3=O)C1. The summed E-state index contributed by atoms with van der Waals surface area (Å²) in [6, 6.07) is 12.7. The van der Waals surface area contributed by atoms with Crippen LogP contribution in [-0.2, 0) is 26.3 Å². The van der Waals surface area contributed by atoms with E-state index < -0.39 is 11.7 Å². The molecule has 1 N–H and O–H groups in total. The maximum atomic E-state index is 14.0. The smallest absolute Gasteiger partial charge is 0.320 e. The number of carbonyl (C=O) groups excluding carboxylic acids is 1. The summed E-state index contributed by atoms with van der Waals surface area (Å²) < 4.78 is 44.0. The molecule has 1 aromatic heterocycles. The molecule has 0 bridgehead atoms. The number of amides is 1. The molecule has 4 heterocycles. The average Bonchev–Trinajstić information content (AvgIpc) is 3.85. The summed E-state index contributed by atoms with van der Waals surface area (Å²) in [5.41, 5.74) is 0.725. The van der Waals surface area contributed by atoms with Crippen LogP contribution >= 0.6 is 0 Å². The highest BCUT2D eigenvalue weighted by molar-refractivity contribution is 6.10. The van der Waals surface area contributed by atoms with Crippen molar-refractivity contribution in [1.29, 1.82) is 0 Å². The molecule has 3 aliphatic heterocycles. The predicted molar refractivity (Wildman–Crippen MR) is 175 cm³/mol. The van der Waals surface area contributed by atoms with Crippen LogP contribution < -0.4 is 10.2 Å². The number of anilines is 1. The van der Waals surface area contributed by atoms with Gasteiger partial charge in [0.25, 0.3) is 5.91 Å². The topological polar surface area (TPSA) is 69.5 Å². The number of hydrogen-bond donors (Lipinski definition) is 1. The van der Waals surface area contributed by atoms with Crippen LogP contribution in [0.5, 0.6) is 0 Å². The monoisotopic (exact) mass is 639 g/mol. The van der Waals surface area contributed by atoms with Crippen LogP contribution in [0.4, 0.5) is 18.9 Å². The van der Waals surface area contributed by atoms with Gasteiger partial charge in [-0.1, -0.05) is 39.0 Å². The van der Waals surface area contributed by atoms with Gasteiger partial charge in [0.1, 0.15) is 12.2 Å². The van der Waals surface area contributed by atoms with E-state index in [4.69, 9.17) is 0 Å². The lowest BCUT2D eigenvalue weighted by Gasteiger charge is -2.31. The van der Waals surface area contributed by atoms with Crippen molar-refractivity contribution in [2.24, 2.45) is 13.0 Å². The Morgan fingerprint density at radius 2 is 1.80 bits per heavy atom. The van der Waals surface area contributed by atoms with Crippen LogP contribution in [0.3, 0.4) is 0 Å². The zero-order valence-electron chi connectivity index (χ0n) is 27.7. The number of para-hydroxylation sites is 1. The maximum Gasteiger partial charge on any atom is 0.416 e. The molecule has 1 amide bonds. The molecule has 2 saturated heterocycles. The molecule has 0 radical (unpaired) electrons. The molecule has 8 nitrogen and oxygen atoms in total. The summed E-state index contributed by atoms with van der Waals surface area (Å²) >= 11 is 0. The number of nitrogens with one attached hydrogen (secondary N) is 1. The molecule has 250 valence electrons. The van der Waals surface area contributed by atoms with Crippen LogP contribution in [0.15, 0.2) is 48.8 Å². The zero-order valence-corrected chi connectivity index (χ0v) is 27.7. The highest BCUT2D eigenvalue weighted by Gasteiger charge is 2.41. The van der Waals surface area contributed by atoms with Gasteiger partial charge in [0.05, 0.1) is 12.1 Å². The van der Waals surface area contributed by atoms with Crippen LogP contribution in [-0.4, -0.2) is 75.8 Å². The third-order valence-corrected chi connectivity index (χ3v) is 9.80. The number of halogens is 3. The minimum Gasteiger partial charge on any atom is -0.320 e. The highest BCUT2D eigenvalue weighted by atomic mass is 19.4. The number of hydrogen-bond acceptors (Lipinski definition) is 6. The fraction of sp³-hybridized carbons (Fsp3) is 0.571. The first-order valence-corrected chi connectivity index (χ1v) is 16.7. The summed E-state index contributed by atoms with van der Waals surface area (Å²) in [7, 11) is 4.16. The second-order valence-electron chi connectivity index (χ2n) is 13.0. The summed E-state index contributed by atoms with van der Waals surface area (Å²) in [4.78, 5) is 19.1. The Labute approximate surface area is 271 Å². The number of aromatic nitrogens is 3. The third-order valence-electron chi connectivity index (χ3n) is 9.80. The minimum atomic E-state index is -4.50. The molecule has 11 heteroatoms. The summed E-state index contributed by atoms with van der Waals surface area (Å²) in [5, 5.41) is 11.3. The van der Waals surface area contributed by atoms with Crippen molar-refractivity contribution in [2.75, 3.05) is 38.1 Å². The number of fused-ring (bicyclic) bond motifs is 1. The Balaban J connectivity index is 0.000000268. The van der Waals surface area contributed by atoms with E-state index in [9.17, 15) is 18.0 Å². The molecule has 3 fully saturated rings. The quantitative estimate of drug-likeness (QED) is 0.352. The van der Waals surface area contributed by atoms with E-state index in [2.05, 4.69) is 39.3 Å². The van der Waals surface area contributed by atoms with E-state index >= 15 is 0 Å². The number of likely N-dealkylation sites (N-methyl/N-ethyl adjacent to an activating group) is 1. The molecule has 0 spiro atoms. The molecule has 2 atom stereocenters. The van der Waals surface area contributed by atoms with Gasteiger partial charge in [-0.3, -0.25) is 14.6 Å². The lowest BCUT2D eigenvalue weighted by molar-refractivity contribution is -0.138. The lowest BCUT2D eigenvalue weighted by Crippen LogP contribution is -2.42. The van der Waals surface area contributed by atoms with Crippen LogP contribution in [0.2, 0.25) is 0 Å². The predicted octanol–water partition coefficient (Wildman–Crippen LogP) is 6.09. The summed E-state index contributed by atoms with van der Waals surface area (Å²) in [6.45, 7) is 10.4. The Kier molecular flexibility index (Phi) is 10.8. The molecule has 46 heavy (non-hydrogen) atoms. The fourth-order valence-electron chi connectivity index (χ4n) is 7.24. The van der Waals surface area contributed by atoms with Crippen molar-refractivity contribution in [1.82, 2.24) is 29.9 Å². The molecule has 2 unspecified atom stereocenters. The van der Waals surface area contributed by atoms with Gasteiger partial charge < -0.3 is 14.8 Å². The van der Waals surface area contributed by atoms with Crippen molar-refractivity contribution in [3.63, 3.8) is 0 Å². The highest BCUT2D eigenvalue weighted by Crippen LogP contribution is 2.41. The number of aryl methyl sites for hydroxylation is 1.